The van der Waals surface area contributed by atoms with Gasteiger partial charge in [0.25, 0.3) is 5.91 Å². The molecule has 4 aliphatic rings. The zero-order chi connectivity index (χ0) is 31.2. The lowest BCUT2D eigenvalue weighted by Crippen LogP contribution is -2.49. The molecule has 1 aliphatic heterocycles. The molecule has 45 heavy (non-hydrogen) atoms. The number of amides is 3. The maximum atomic E-state index is 14.1. The van der Waals surface area contributed by atoms with Crippen molar-refractivity contribution >= 4 is 29.4 Å². The molecule has 1 fully saturated rings. The molecular formula is C37H32N2O6. The molecular weight excluding hydrogens is 568 g/mol. The fourth-order valence-electron chi connectivity index (χ4n) is 7.30. The van der Waals surface area contributed by atoms with Gasteiger partial charge >= 0.3 is 5.97 Å². The summed E-state index contributed by atoms with van der Waals surface area (Å²) in [6.45, 7) is 2.98. The van der Waals surface area contributed by atoms with E-state index in [-0.39, 0.29) is 23.7 Å². The smallest absolute Gasteiger partial charge is 0.330 e. The highest BCUT2D eigenvalue weighted by Gasteiger charge is 2.63. The number of hydrogen-bond donors (Lipinski definition) is 1. The maximum Gasteiger partial charge on any atom is 0.330 e. The van der Waals surface area contributed by atoms with Gasteiger partial charge < -0.3 is 14.8 Å². The summed E-state index contributed by atoms with van der Waals surface area (Å²) in [6.07, 6.45) is 0. The van der Waals surface area contributed by atoms with Crippen LogP contribution in [0.15, 0.2) is 103 Å². The lowest BCUT2D eigenvalue weighted by atomic mass is 9.55. The van der Waals surface area contributed by atoms with Gasteiger partial charge in [-0.15, -0.1) is 0 Å². The van der Waals surface area contributed by atoms with Crippen LogP contribution in [0.1, 0.15) is 47.9 Å². The number of para-hydroxylation sites is 1. The Balaban J connectivity index is 1.05. The van der Waals surface area contributed by atoms with Crippen molar-refractivity contribution in [2.75, 3.05) is 11.9 Å². The fourth-order valence-corrected chi connectivity index (χ4v) is 7.30. The van der Waals surface area contributed by atoms with Gasteiger partial charge in [0.1, 0.15) is 17.5 Å². The molecule has 1 saturated heterocycles. The molecule has 8 heteroatoms. The molecule has 8 nitrogen and oxygen atoms in total. The number of esters is 1. The van der Waals surface area contributed by atoms with Crippen molar-refractivity contribution in [2.45, 2.75) is 31.7 Å². The third-order valence-electron chi connectivity index (χ3n) is 9.10. The van der Waals surface area contributed by atoms with Crippen LogP contribution in [-0.4, -0.2) is 41.2 Å². The summed E-state index contributed by atoms with van der Waals surface area (Å²) >= 11 is 0. The largest absolute Gasteiger partial charge is 0.457 e. The third kappa shape index (κ3) is 4.86. The molecule has 4 aromatic rings. The van der Waals surface area contributed by atoms with Crippen molar-refractivity contribution in [3.05, 3.63) is 125 Å². The van der Waals surface area contributed by atoms with E-state index in [1.807, 2.05) is 78.9 Å². The zero-order valence-electron chi connectivity index (χ0n) is 24.9. The molecule has 0 saturated carbocycles. The van der Waals surface area contributed by atoms with Gasteiger partial charge in [-0.1, -0.05) is 80.6 Å². The van der Waals surface area contributed by atoms with E-state index in [1.54, 1.807) is 38.1 Å². The summed E-state index contributed by atoms with van der Waals surface area (Å²) in [6, 6.07) is 31.0. The van der Waals surface area contributed by atoms with Gasteiger partial charge in [0.15, 0.2) is 6.61 Å². The van der Waals surface area contributed by atoms with Crippen molar-refractivity contribution in [3.8, 4) is 11.5 Å². The monoisotopic (exact) mass is 600 g/mol. The second kappa shape index (κ2) is 11.4. The molecule has 4 aromatic carbocycles. The number of rotatable bonds is 8. The van der Waals surface area contributed by atoms with Gasteiger partial charge in [0, 0.05) is 17.5 Å². The Kier molecular flexibility index (Phi) is 7.20. The van der Waals surface area contributed by atoms with E-state index in [9.17, 15) is 19.2 Å². The summed E-state index contributed by atoms with van der Waals surface area (Å²) in [5, 5.41) is 2.71. The third-order valence-corrected chi connectivity index (χ3v) is 9.10. The summed E-state index contributed by atoms with van der Waals surface area (Å²) in [5.74, 6) is -2.91. The van der Waals surface area contributed by atoms with Crippen molar-refractivity contribution in [1.82, 2.24) is 4.90 Å². The highest BCUT2D eigenvalue weighted by molar-refractivity contribution is 6.10. The second-order valence-electron chi connectivity index (χ2n) is 12.1. The van der Waals surface area contributed by atoms with Crippen molar-refractivity contribution in [1.29, 1.82) is 0 Å². The SMILES string of the molecule is CC(C)[C@H](C(=O)OCC(=O)Nc1ccc(Oc2ccccc2)cc1)N1C(=O)[C@@H]2C3c4ccccc4C(c4ccccc43)[C@H]2C1=O. The van der Waals surface area contributed by atoms with E-state index in [0.29, 0.717) is 17.2 Å². The van der Waals surface area contributed by atoms with Gasteiger partial charge in [-0.3, -0.25) is 19.3 Å². The van der Waals surface area contributed by atoms with Crippen LogP contribution in [-0.2, 0) is 23.9 Å². The molecule has 3 amide bonds. The van der Waals surface area contributed by atoms with E-state index in [2.05, 4.69) is 5.32 Å². The summed E-state index contributed by atoms with van der Waals surface area (Å²) in [5.41, 5.74) is 4.74. The van der Waals surface area contributed by atoms with E-state index in [4.69, 9.17) is 9.47 Å². The first-order valence-electron chi connectivity index (χ1n) is 15.2. The second-order valence-corrected chi connectivity index (χ2v) is 12.1. The number of ether oxygens (including phenoxy) is 2. The standard InChI is InChI=1S/C37H32N2O6/c1-21(2)34(37(43)44-20-29(40)38-22-16-18-24(19-17-22)45-23-10-4-3-5-11-23)39-35(41)32-30-25-12-6-7-13-26(25)31(33(32)36(39)42)28-15-9-8-14-27(28)30/h3-19,21,30-34H,20H2,1-2H3,(H,38,40)/t30?,31?,32-,33-,34-/m1/s1. The first-order valence-corrected chi connectivity index (χ1v) is 15.2. The Labute approximate surface area is 261 Å². The number of hydrogen-bond acceptors (Lipinski definition) is 6. The first kappa shape index (κ1) is 28.5. The molecule has 0 aromatic heterocycles. The first-order chi connectivity index (χ1) is 21.8. The van der Waals surface area contributed by atoms with Crippen LogP contribution < -0.4 is 10.1 Å². The molecule has 1 N–H and O–H groups in total. The molecule has 3 atom stereocenters. The number of nitrogens with zero attached hydrogens (tertiary/aromatic N) is 1. The zero-order valence-corrected chi connectivity index (χ0v) is 24.9. The van der Waals surface area contributed by atoms with E-state index < -0.39 is 42.3 Å². The number of benzene rings is 4. The number of carbonyl (C=O) groups is 4. The van der Waals surface area contributed by atoms with E-state index in [0.717, 1.165) is 27.2 Å². The number of nitrogens with one attached hydrogen (secondary N) is 1. The lowest BCUT2D eigenvalue weighted by Gasteiger charge is -2.45. The van der Waals surface area contributed by atoms with Crippen LogP contribution in [0.25, 0.3) is 0 Å². The quantitative estimate of drug-likeness (QED) is 0.200. The van der Waals surface area contributed by atoms with E-state index in [1.165, 1.54) is 0 Å². The summed E-state index contributed by atoms with van der Waals surface area (Å²) < 4.78 is 11.2. The number of imide groups is 1. The number of likely N-dealkylation sites (tertiary alicyclic amines) is 1. The Morgan fingerprint density at radius 3 is 1.64 bits per heavy atom. The predicted molar refractivity (Wildman–Crippen MR) is 167 cm³/mol. The van der Waals surface area contributed by atoms with Crippen LogP contribution in [0.3, 0.4) is 0 Å². The van der Waals surface area contributed by atoms with Gasteiger partial charge in [0.05, 0.1) is 11.8 Å². The molecule has 0 spiro atoms. The summed E-state index contributed by atoms with van der Waals surface area (Å²) in [7, 11) is 0. The Morgan fingerprint density at radius 1 is 0.689 bits per heavy atom. The van der Waals surface area contributed by atoms with Crippen LogP contribution in [0.2, 0.25) is 0 Å². The van der Waals surface area contributed by atoms with E-state index >= 15 is 0 Å². The lowest BCUT2D eigenvalue weighted by molar-refractivity contribution is -0.162. The minimum Gasteiger partial charge on any atom is -0.457 e. The Hall–Kier alpha value is -5.24. The maximum absolute atomic E-state index is 14.1. The van der Waals surface area contributed by atoms with Crippen LogP contribution in [0.4, 0.5) is 5.69 Å². The van der Waals surface area contributed by atoms with Crippen molar-refractivity contribution < 1.29 is 28.7 Å². The molecule has 1 heterocycles. The van der Waals surface area contributed by atoms with Gasteiger partial charge in [-0.2, -0.15) is 0 Å². The molecule has 8 rings (SSSR count). The van der Waals surface area contributed by atoms with Gasteiger partial charge in [-0.25, -0.2) is 4.79 Å². The normalized spacial score (nSPS) is 21.5. The molecule has 0 radical (unpaired) electrons. The van der Waals surface area contributed by atoms with Gasteiger partial charge in [0.2, 0.25) is 11.8 Å². The number of carbonyl (C=O) groups excluding carboxylic acids is 4. The molecule has 3 aliphatic carbocycles. The Bertz CT molecular complexity index is 1690. The average Bonchev–Trinajstić information content (AvgIpc) is 3.31. The van der Waals surface area contributed by atoms with Crippen molar-refractivity contribution in [3.63, 3.8) is 0 Å². The highest BCUT2D eigenvalue weighted by Crippen LogP contribution is 2.61. The summed E-state index contributed by atoms with van der Waals surface area (Å²) in [4.78, 5) is 55.6. The predicted octanol–water partition coefficient (Wildman–Crippen LogP) is 5.88. The van der Waals surface area contributed by atoms with Crippen molar-refractivity contribution in [2.24, 2.45) is 17.8 Å². The van der Waals surface area contributed by atoms with Crippen LogP contribution in [0, 0.1) is 17.8 Å². The number of anilines is 1. The average molecular weight is 601 g/mol. The van der Waals surface area contributed by atoms with Crippen LogP contribution in [0.5, 0.6) is 11.5 Å². The topological polar surface area (TPSA) is 102 Å². The highest BCUT2D eigenvalue weighted by atomic mass is 16.5. The minimum absolute atomic E-state index is 0.270. The van der Waals surface area contributed by atoms with Gasteiger partial charge in [-0.05, 0) is 64.6 Å². The van der Waals surface area contributed by atoms with Crippen LogP contribution >= 0.6 is 0 Å². The molecule has 226 valence electrons. The minimum atomic E-state index is -1.15. The molecule has 0 unspecified atom stereocenters. The Morgan fingerprint density at radius 2 is 1.16 bits per heavy atom. The fraction of sp³-hybridized carbons (Fsp3) is 0.243. The molecule has 2 bridgehead atoms.